The Hall–Kier alpha value is -1.06. The zero-order chi connectivity index (χ0) is 15.1. The summed E-state index contributed by atoms with van der Waals surface area (Å²) in [4.78, 5) is 23.5. The second-order valence-corrected chi connectivity index (χ2v) is 7.58. The Morgan fingerprint density at radius 1 is 1.05 bits per heavy atom. The second kappa shape index (κ2) is 5.05. The molecule has 2 aliphatic rings. The van der Waals surface area contributed by atoms with E-state index in [0.717, 1.165) is 12.8 Å². The van der Waals surface area contributed by atoms with Crippen LogP contribution in [-0.4, -0.2) is 23.5 Å². The predicted octanol–water partition coefficient (Wildman–Crippen LogP) is 2.68. The van der Waals surface area contributed by atoms with Gasteiger partial charge in [-0.2, -0.15) is 0 Å². The minimum atomic E-state index is -0.822. The van der Waals surface area contributed by atoms with Crippen LogP contribution in [-0.2, 0) is 9.59 Å². The number of aliphatic carboxylic acids is 1. The van der Waals surface area contributed by atoms with Gasteiger partial charge in [0.25, 0.3) is 0 Å². The van der Waals surface area contributed by atoms with Crippen LogP contribution in [0.1, 0.15) is 53.4 Å². The van der Waals surface area contributed by atoms with Crippen molar-refractivity contribution < 1.29 is 14.7 Å². The molecule has 0 aromatic heterocycles. The van der Waals surface area contributed by atoms with Gasteiger partial charge in [-0.1, -0.05) is 40.5 Å². The average molecular weight is 281 g/mol. The predicted molar refractivity (Wildman–Crippen MR) is 77.1 cm³/mol. The Bertz CT molecular complexity index is 400. The molecule has 2 fully saturated rings. The summed E-state index contributed by atoms with van der Waals surface area (Å²) in [7, 11) is 0. The van der Waals surface area contributed by atoms with E-state index in [0.29, 0.717) is 25.3 Å². The van der Waals surface area contributed by atoms with Crippen LogP contribution in [0.25, 0.3) is 0 Å². The lowest BCUT2D eigenvalue weighted by Crippen LogP contribution is -2.40. The van der Waals surface area contributed by atoms with E-state index < -0.39 is 11.9 Å². The highest BCUT2D eigenvalue weighted by Gasteiger charge is 2.64. The van der Waals surface area contributed by atoms with Crippen LogP contribution in [0.15, 0.2) is 0 Å². The minimum absolute atomic E-state index is 0.0596. The molecular weight excluding hydrogens is 254 g/mol. The number of carbonyl (C=O) groups is 2. The van der Waals surface area contributed by atoms with Gasteiger partial charge in [-0.3, -0.25) is 9.59 Å². The molecule has 1 amide bonds. The second-order valence-electron chi connectivity index (χ2n) is 7.58. The number of amides is 1. The van der Waals surface area contributed by atoms with Crippen molar-refractivity contribution in [2.45, 2.75) is 53.4 Å². The van der Waals surface area contributed by atoms with Crippen molar-refractivity contribution in [3.63, 3.8) is 0 Å². The van der Waals surface area contributed by atoms with Crippen LogP contribution in [0.5, 0.6) is 0 Å². The van der Waals surface area contributed by atoms with Crippen LogP contribution >= 0.6 is 0 Å². The molecule has 2 saturated carbocycles. The molecule has 114 valence electrons. The molecule has 2 unspecified atom stereocenters. The summed E-state index contributed by atoms with van der Waals surface area (Å²) >= 11 is 0. The third-order valence-corrected chi connectivity index (χ3v) is 6.22. The number of carbonyl (C=O) groups excluding carboxylic acids is 1. The first-order valence-electron chi connectivity index (χ1n) is 7.70. The van der Waals surface area contributed by atoms with E-state index in [9.17, 15) is 14.7 Å². The Balaban J connectivity index is 1.90. The minimum Gasteiger partial charge on any atom is -0.481 e. The lowest BCUT2D eigenvalue weighted by Gasteiger charge is -2.27. The van der Waals surface area contributed by atoms with Gasteiger partial charge in [0.05, 0.1) is 11.8 Å². The van der Waals surface area contributed by atoms with E-state index >= 15 is 0 Å². The molecule has 2 N–H and O–H groups in total. The lowest BCUT2D eigenvalue weighted by atomic mass is 9.78. The summed E-state index contributed by atoms with van der Waals surface area (Å²) in [6, 6.07) is 0. The van der Waals surface area contributed by atoms with Crippen molar-refractivity contribution in [1.29, 1.82) is 0 Å². The number of nitrogens with one attached hydrogen (secondary N) is 1. The highest BCUT2D eigenvalue weighted by Crippen LogP contribution is 2.67. The summed E-state index contributed by atoms with van der Waals surface area (Å²) in [5.41, 5.74) is 0.498. The first kappa shape index (κ1) is 15.3. The van der Waals surface area contributed by atoms with E-state index in [1.807, 2.05) is 0 Å². The third-order valence-electron chi connectivity index (χ3n) is 6.22. The Morgan fingerprint density at radius 2 is 1.55 bits per heavy atom. The molecule has 0 aliphatic heterocycles. The van der Waals surface area contributed by atoms with Crippen LogP contribution < -0.4 is 5.32 Å². The molecule has 20 heavy (non-hydrogen) atoms. The molecule has 0 bridgehead atoms. The summed E-state index contributed by atoms with van der Waals surface area (Å²) in [6.45, 7) is 9.58. The van der Waals surface area contributed by atoms with Crippen molar-refractivity contribution in [2.24, 2.45) is 28.6 Å². The van der Waals surface area contributed by atoms with Crippen LogP contribution in [0.4, 0.5) is 0 Å². The van der Waals surface area contributed by atoms with E-state index in [2.05, 4.69) is 33.0 Å². The van der Waals surface area contributed by atoms with Crippen LogP contribution in [0.2, 0.25) is 0 Å². The summed E-state index contributed by atoms with van der Waals surface area (Å²) in [5.74, 6) is -1.24. The van der Waals surface area contributed by atoms with Crippen molar-refractivity contribution in [3.05, 3.63) is 0 Å². The summed E-state index contributed by atoms with van der Waals surface area (Å²) in [6.07, 6.45) is 3.22. The van der Waals surface area contributed by atoms with Gasteiger partial charge in [0.15, 0.2) is 0 Å². The van der Waals surface area contributed by atoms with Crippen molar-refractivity contribution in [1.82, 2.24) is 5.32 Å². The summed E-state index contributed by atoms with van der Waals surface area (Å²) in [5, 5.41) is 12.2. The molecule has 2 atom stereocenters. The largest absolute Gasteiger partial charge is 0.481 e. The van der Waals surface area contributed by atoms with Crippen molar-refractivity contribution in [3.8, 4) is 0 Å². The SMILES string of the molecule is CC1(C)C(CNC(=O)C2CCCCC2C(=O)O)C1(C)C. The monoisotopic (exact) mass is 281 g/mol. The Morgan fingerprint density at radius 3 is 2.00 bits per heavy atom. The van der Waals surface area contributed by atoms with Gasteiger partial charge < -0.3 is 10.4 Å². The smallest absolute Gasteiger partial charge is 0.307 e. The molecular formula is C16H27NO3. The number of hydrogen-bond donors (Lipinski definition) is 2. The molecule has 2 aliphatic carbocycles. The highest BCUT2D eigenvalue weighted by molar-refractivity contribution is 5.84. The van der Waals surface area contributed by atoms with E-state index in [-0.39, 0.29) is 22.7 Å². The first-order chi connectivity index (χ1) is 9.19. The average Bonchev–Trinajstić information content (AvgIpc) is 2.76. The quantitative estimate of drug-likeness (QED) is 0.832. The topological polar surface area (TPSA) is 66.4 Å². The fourth-order valence-electron chi connectivity index (χ4n) is 3.92. The molecule has 4 nitrogen and oxygen atoms in total. The Kier molecular flexibility index (Phi) is 3.87. The highest BCUT2D eigenvalue weighted by atomic mass is 16.4. The maximum atomic E-state index is 12.3. The molecule has 0 spiro atoms. The lowest BCUT2D eigenvalue weighted by molar-refractivity contribution is -0.148. The Labute approximate surface area is 121 Å². The van der Waals surface area contributed by atoms with E-state index in [4.69, 9.17) is 0 Å². The van der Waals surface area contributed by atoms with Gasteiger partial charge in [-0.25, -0.2) is 0 Å². The number of hydrogen-bond acceptors (Lipinski definition) is 2. The van der Waals surface area contributed by atoms with Crippen LogP contribution in [0, 0.1) is 28.6 Å². The molecule has 0 saturated heterocycles. The number of carboxylic acids is 1. The molecule has 0 aromatic rings. The zero-order valence-corrected chi connectivity index (χ0v) is 13.0. The van der Waals surface area contributed by atoms with Gasteiger partial charge >= 0.3 is 5.97 Å². The third kappa shape index (κ3) is 2.45. The van der Waals surface area contributed by atoms with Gasteiger partial charge in [0, 0.05) is 6.54 Å². The van der Waals surface area contributed by atoms with E-state index in [1.54, 1.807) is 0 Å². The molecule has 0 radical (unpaired) electrons. The molecule has 0 heterocycles. The van der Waals surface area contributed by atoms with Gasteiger partial charge in [0.2, 0.25) is 5.91 Å². The maximum Gasteiger partial charge on any atom is 0.307 e. The standard InChI is InChI=1S/C16H27NO3/c1-15(2)12(16(15,3)4)9-17-13(18)10-7-5-6-8-11(10)14(19)20/h10-12H,5-9H2,1-4H3,(H,17,18)(H,19,20). The number of rotatable bonds is 4. The fraction of sp³-hybridized carbons (Fsp3) is 0.875. The van der Waals surface area contributed by atoms with Gasteiger partial charge in [-0.05, 0) is 29.6 Å². The fourth-order valence-corrected chi connectivity index (χ4v) is 3.92. The van der Waals surface area contributed by atoms with E-state index in [1.165, 1.54) is 0 Å². The van der Waals surface area contributed by atoms with Gasteiger partial charge in [-0.15, -0.1) is 0 Å². The number of carboxylic acid groups (broad SMARTS) is 1. The molecule has 2 rings (SSSR count). The zero-order valence-electron chi connectivity index (χ0n) is 13.0. The van der Waals surface area contributed by atoms with Crippen molar-refractivity contribution in [2.75, 3.05) is 6.54 Å². The molecule has 4 heteroatoms. The van der Waals surface area contributed by atoms with Gasteiger partial charge in [0.1, 0.15) is 0 Å². The maximum absolute atomic E-state index is 12.3. The van der Waals surface area contributed by atoms with Crippen LogP contribution in [0.3, 0.4) is 0 Å². The summed E-state index contributed by atoms with van der Waals surface area (Å²) < 4.78 is 0. The normalized spacial score (nSPS) is 31.6. The molecule has 0 aromatic carbocycles. The first-order valence-corrected chi connectivity index (χ1v) is 7.70. The van der Waals surface area contributed by atoms with Crippen molar-refractivity contribution >= 4 is 11.9 Å².